The predicted molar refractivity (Wildman–Crippen MR) is 256 cm³/mol. The molecule has 0 unspecified atom stereocenters. The number of aromatic carboxylic acids is 3. The average Bonchev–Trinajstić information content (AvgIpc) is 3.35. The normalized spacial score (nSPS) is 14.9. The van der Waals surface area contributed by atoms with Crippen LogP contribution in [0.4, 0.5) is 30.2 Å². The average molecular weight is 1020 g/mol. The van der Waals surface area contributed by atoms with Gasteiger partial charge in [0.1, 0.15) is 17.5 Å². The van der Waals surface area contributed by atoms with E-state index < -0.39 is 68.3 Å². The number of fused-ring (bicyclic) bond motifs is 3. The number of hydrogen-bond donors (Lipinski definition) is 3. The number of hydrogen-bond acceptors (Lipinski definition) is 15. The van der Waals surface area contributed by atoms with E-state index in [1.54, 1.807) is 31.9 Å². The zero-order valence-electron chi connectivity index (χ0n) is 38.9. The molecule has 0 aliphatic carbocycles. The smallest absolute Gasteiger partial charge is 0.545 e. The van der Waals surface area contributed by atoms with E-state index in [0.29, 0.717) is 92.5 Å². The molecule has 3 saturated heterocycles. The summed E-state index contributed by atoms with van der Waals surface area (Å²) in [5.74, 6) is -6.21. The number of pyridine rings is 3. The summed E-state index contributed by atoms with van der Waals surface area (Å²) in [6.07, 6.45) is 3.79. The molecule has 0 atom stereocenters. The molecule has 3 N–H and O–H groups in total. The second kappa shape index (κ2) is 22.9. The Balaban J connectivity index is 0.000000171. The van der Waals surface area contributed by atoms with E-state index in [-0.39, 0.29) is 35.9 Å². The Hall–Kier alpha value is -6.59. The molecule has 0 bridgehead atoms. The second-order valence-corrected chi connectivity index (χ2v) is 16.5. The van der Waals surface area contributed by atoms with Gasteiger partial charge in [-0.3, -0.25) is 14.4 Å². The van der Waals surface area contributed by atoms with Crippen molar-refractivity contribution in [2.24, 2.45) is 0 Å². The fraction of sp³-hybridized carbons (Fsp3) is 0.375. The van der Waals surface area contributed by atoms with Gasteiger partial charge >= 0.3 is 19.8 Å². The number of benzene rings is 3. The topological polar surface area (TPSA) is 232 Å². The largest absolute Gasteiger partial charge is 3.00 e. The molecule has 0 saturated carbocycles. The number of anilines is 3. The zero-order valence-corrected chi connectivity index (χ0v) is 41.3. The number of piperazine rings is 3. The van der Waals surface area contributed by atoms with Crippen LogP contribution in [0.15, 0.2) is 69.4 Å². The summed E-state index contributed by atoms with van der Waals surface area (Å²) >= 11 is 0. The van der Waals surface area contributed by atoms with Gasteiger partial charge in [-0.15, -0.1) is 0 Å². The molecule has 0 radical (unpaired) electrons. The van der Waals surface area contributed by atoms with Gasteiger partial charge < -0.3 is 74.1 Å². The number of halogens is 3. The number of carboxylic acids is 3. The van der Waals surface area contributed by atoms with Crippen LogP contribution in [0.1, 0.15) is 51.8 Å². The summed E-state index contributed by atoms with van der Waals surface area (Å²) in [4.78, 5) is 75.8. The first-order valence-corrected chi connectivity index (χ1v) is 22.7. The van der Waals surface area contributed by atoms with Gasteiger partial charge in [0.05, 0.1) is 68.2 Å². The fourth-order valence-electron chi connectivity index (χ4n) is 8.86. The molecule has 6 aromatic rings. The molecule has 9 rings (SSSR count). The maximum Gasteiger partial charge on any atom is 3.00 e. The summed E-state index contributed by atoms with van der Waals surface area (Å²) < 4.78 is 48.3. The molecule has 366 valence electrons. The number of rotatable bonds is 9. The minimum atomic E-state index is -1.55. The van der Waals surface area contributed by atoms with Gasteiger partial charge in [0.15, 0.2) is 16.3 Å². The Morgan fingerprint density at radius 1 is 0.457 bits per heavy atom. The van der Waals surface area contributed by atoms with Crippen molar-refractivity contribution in [1.29, 1.82) is 0 Å². The van der Waals surface area contributed by atoms with Crippen LogP contribution in [0.2, 0.25) is 0 Å². The van der Waals surface area contributed by atoms with E-state index in [2.05, 4.69) is 16.0 Å². The SMILES string of the molecule is CCn1cc(C(=O)[O-])c(=O)c2cc(F)c(N3CCNCC3)cc21.CCn1cc(C(=O)[O-])c(=O)c2cc(F)c(N3CCNCC3)cc21.CCn1cc(C(=O)[O-])c(=O)c2cc(F)c(N3CCNCC3)cc21.[Ga+3]. The summed E-state index contributed by atoms with van der Waals surface area (Å²) in [7, 11) is 0. The minimum Gasteiger partial charge on any atom is -0.545 e. The number of nitrogens with zero attached hydrogens (tertiary/aromatic N) is 6. The van der Waals surface area contributed by atoms with Crippen LogP contribution in [0.25, 0.3) is 32.7 Å². The van der Waals surface area contributed by atoms with Crippen molar-refractivity contribution in [3.05, 3.63) is 120 Å². The maximum absolute atomic E-state index is 14.5. The fourth-order valence-corrected chi connectivity index (χ4v) is 8.86. The molecule has 18 nitrogen and oxygen atoms in total. The van der Waals surface area contributed by atoms with E-state index >= 15 is 0 Å². The molecule has 3 aromatic carbocycles. The van der Waals surface area contributed by atoms with Gasteiger partial charge in [0, 0.05) is 133 Å². The van der Waals surface area contributed by atoms with Crippen molar-refractivity contribution in [1.82, 2.24) is 29.7 Å². The van der Waals surface area contributed by atoms with E-state index in [9.17, 15) is 57.3 Å². The number of aryl methyl sites for hydroxylation is 3. The number of nitrogens with one attached hydrogen (secondary N) is 3. The van der Waals surface area contributed by atoms with Crippen LogP contribution >= 0.6 is 0 Å². The van der Waals surface area contributed by atoms with E-state index in [0.717, 1.165) is 57.5 Å². The summed E-state index contributed by atoms with van der Waals surface area (Å²) in [5.41, 5.74) is -0.616. The first-order chi connectivity index (χ1) is 33.1. The molecule has 3 aliphatic rings. The third kappa shape index (κ3) is 10.9. The molecule has 0 spiro atoms. The van der Waals surface area contributed by atoms with Crippen molar-refractivity contribution in [3.63, 3.8) is 0 Å². The van der Waals surface area contributed by atoms with Crippen LogP contribution < -0.4 is 62.3 Å². The standard InChI is InChI=1S/3C16H18FN3O3.Ga/c3*1-2-19-9-11(16(22)23)15(21)10-7-12(17)14(8-13(10)19)20-5-3-18-4-6-20;/h3*7-9,18H,2-6H2,1H3,(H,22,23);/q;;;+3/p-3. The summed E-state index contributed by atoms with van der Waals surface area (Å²) in [5, 5.41) is 43.1. The van der Waals surface area contributed by atoms with Crippen LogP contribution in [0.5, 0.6) is 0 Å². The van der Waals surface area contributed by atoms with Gasteiger partial charge in [0.2, 0.25) is 0 Å². The molecule has 3 fully saturated rings. The number of aromatic nitrogens is 3. The first-order valence-electron chi connectivity index (χ1n) is 22.7. The van der Waals surface area contributed by atoms with Gasteiger partial charge in [-0.25, -0.2) is 13.2 Å². The van der Waals surface area contributed by atoms with Gasteiger partial charge in [-0.2, -0.15) is 0 Å². The number of carbonyl (C=O) groups is 3. The van der Waals surface area contributed by atoms with Gasteiger partial charge in [0.25, 0.3) is 0 Å². The van der Waals surface area contributed by atoms with E-state index in [1.165, 1.54) is 18.6 Å². The molecule has 6 heterocycles. The Bertz CT molecular complexity index is 2810. The molecule has 3 aliphatic heterocycles. The van der Waals surface area contributed by atoms with E-state index in [1.807, 2.05) is 35.5 Å². The zero-order chi connectivity index (χ0) is 49.7. The van der Waals surface area contributed by atoms with Crippen molar-refractivity contribution in [2.75, 3.05) is 93.2 Å². The van der Waals surface area contributed by atoms with Crippen LogP contribution in [-0.2, 0) is 19.6 Å². The molecular weight excluding hydrogens is 973 g/mol. The molecule has 22 heteroatoms. The minimum absolute atomic E-state index is 0. The number of carbonyl (C=O) groups excluding carboxylic acids is 3. The van der Waals surface area contributed by atoms with Crippen LogP contribution in [0.3, 0.4) is 0 Å². The Morgan fingerprint density at radius 2 is 0.686 bits per heavy atom. The summed E-state index contributed by atoms with van der Waals surface area (Å²) in [6.45, 7) is 15.5. The third-order valence-corrected chi connectivity index (χ3v) is 12.5. The molecular formula is C48H51F3GaN9O9. The van der Waals surface area contributed by atoms with Crippen molar-refractivity contribution < 1.29 is 42.9 Å². The van der Waals surface area contributed by atoms with Gasteiger partial charge in [-0.1, -0.05) is 0 Å². The second-order valence-electron chi connectivity index (χ2n) is 16.5. The van der Waals surface area contributed by atoms with Crippen molar-refractivity contribution in [3.8, 4) is 0 Å². The Morgan fingerprint density at radius 3 is 0.886 bits per heavy atom. The van der Waals surface area contributed by atoms with Crippen LogP contribution in [0, 0.1) is 17.5 Å². The monoisotopic (exact) mass is 1020 g/mol. The first kappa shape index (κ1) is 52.8. The van der Waals surface area contributed by atoms with Crippen molar-refractivity contribution >= 4 is 87.5 Å². The summed E-state index contributed by atoms with van der Waals surface area (Å²) in [6, 6.07) is 8.27. The molecule has 70 heavy (non-hydrogen) atoms. The Labute approximate surface area is 411 Å². The van der Waals surface area contributed by atoms with Crippen molar-refractivity contribution in [2.45, 2.75) is 40.4 Å². The van der Waals surface area contributed by atoms with Crippen LogP contribution in [-0.4, -0.2) is 130 Å². The maximum atomic E-state index is 14.5. The number of carboxylic acid groups (broad SMARTS) is 3. The van der Waals surface area contributed by atoms with E-state index in [4.69, 9.17) is 0 Å². The molecule has 0 amide bonds. The third-order valence-electron chi connectivity index (χ3n) is 12.5. The predicted octanol–water partition coefficient (Wildman–Crippen LogP) is -0.580. The van der Waals surface area contributed by atoms with Gasteiger partial charge in [-0.05, 0) is 57.2 Å². The quantitative estimate of drug-likeness (QED) is 0.154. The Kier molecular flexibility index (Phi) is 17.3. The molecule has 3 aromatic heterocycles.